The van der Waals surface area contributed by atoms with E-state index in [1.54, 1.807) is 0 Å². The van der Waals surface area contributed by atoms with Crippen molar-refractivity contribution in [1.82, 2.24) is 19.7 Å². The molecule has 170 valence electrons. The fraction of sp³-hybridized carbons (Fsp3) is 0.522. The van der Waals surface area contributed by atoms with E-state index in [2.05, 4.69) is 10.1 Å². The van der Waals surface area contributed by atoms with Crippen molar-refractivity contribution in [2.24, 2.45) is 0 Å². The van der Waals surface area contributed by atoms with Gasteiger partial charge in [0.05, 0.1) is 29.7 Å². The molecule has 2 aliphatic heterocycles. The van der Waals surface area contributed by atoms with Crippen molar-refractivity contribution in [3.63, 3.8) is 0 Å². The zero-order valence-electron chi connectivity index (χ0n) is 18.5. The molecule has 0 aliphatic carbocycles. The summed E-state index contributed by atoms with van der Waals surface area (Å²) in [5.41, 5.74) is 4.30. The molecule has 0 saturated carbocycles. The Morgan fingerprint density at radius 1 is 1.16 bits per heavy atom. The van der Waals surface area contributed by atoms with Gasteiger partial charge in [0, 0.05) is 30.3 Å². The minimum Gasteiger partial charge on any atom is -0.440 e. The number of likely N-dealkylation sites (tertiary alicyclic amines) is 1. The van der Waals surface area contributed by atoms with Crippen LogP contribution < -0.4 is 0 Å². The molecule has 1 atom stereocenters. The van der Waals surface area contributed by atoms with Crippen molar-refractivity contribution >= 4 is 26.8 Å². The van der Waals surface area contributed by atoms with Crippen LogP contribution in [0.1, 0.15) is 54.1 Å². The quantitative estimate of drug-likeness (QED) is 0.599. The van der Waals surface area contributed by atoms with E-state index in [1.165, 1.54) is 0 Å². The Morgan fingerprint density at radius 3 is 2.59 bits per heavy atom. The second-order valence-corrected chi connectivity index (χ2v) is 11.2. The van der Waals surface area contributed by atoms with E-state index in [9.17, 15) is 13.2 Å². The van der Waals surface area contributed by atoms with Crippen LogP contribution in [0.5, 0.6) is 0 Å². The number of nitrogens with zero attached hydrogens (tertiary/aromatic N) is 4. The third kappa shape index (κ3) is 3.94. The first-order valence-electron chi connectivity index (χ1n) is 11.2. The number of hydrogen-bond acceptors (Lipinski definition) is 6. The van der Waals surface area contributed by atoms with E-state index in [1.807, 2.05) is 47.7 Å². The molecule has 3 aromatic rings. The van der Waals surface area contributed by atoms with Gasteiger partial charge < -0.3 is 9.32 Å². The number of benzene rings is 1. The van der Waals surface area contributed by atoms with Gasteiger partial charge in [-0.3, -0.25) is 9.48 Å². The van der Waals surface area contributed by atoms with Crippen molar-refractivity contribution in [2.45, 2.75) is 51.5 Å². The first-order valence-corrected chi connectivity index (χ1v) is 13.0. The normalized spacial score (nSPS) is 21.4. The monoisotopic (exact) mass is 456 g/mol. The Morgan fingerprint density at radius 2 is 1.91 bits per heavy atom. The Kier molecular flexibility index (Phi) is 5.31. The van der Waals surface area contributed by atoms with Crippen LogP contribution in [0.25, 0.3) is 11.1 Å². The lowest BCUT2D eigenvalue weighted by molar-refractivity contribution is -0.131. The van der Waals surface area contributed by atoms with Crippen molar-refractivity contribution in [2.75, 3.05) is 24.6 Å². The van der Waals surface area contributed by atoms with Gasteiger partial charge in [0.2, 0.25) is 5.91 Å². The smallest absolute Gasteiger partial charge is 0.227 e. The molecule has 0 spiro atoms. The van der Waals surface area contributed by atoms with Crippen molar-refractivity contribution in [3.05, 3.63) is 47.1 Å². The fourth-order valence-electron chi connectivity index (χ4n) is 4.98. The number of amides is 1. The number of aromatic nitrogens is 3. The number of fused-ring (bicyclic) bond motifs is 1. The van der Waals surface area contributed by atoms with Crippen molar-refractivity contribution in [3.8, 4) is 0 Å². The molecule has 0 N–H and O–H groups in total. The molecule has 0 radical (unpaired) electrons. The Bertz CT molecular complexity index is 1240. The number of aryl methyl sites for hydroxylation is 1. The van der Waals surface area contributed by atoms with Crippen LogP contribution in [0.2, 0.25) is 0 Å². The molecule has 1 unspecified atom stereocenters. The lowest BCUT2D eigenvalue weighted by Gasteiger charge is -2.30. The van der Waals surface area contributed by atoms with Crippen LogP contribution in [0.4, 0.5) is 0 Å². The molecule has 2 fully saturated rings. The molecule has 2 aromatic heterocycles. The SMILES string of the molecule is Cc1nn(C2CCS(=O)(=O)C2)c(C)c1CC(=O)N1CCC(c2nc3ccccc3o2)CC1. The maximum Gasteiger partial charge on any atom is 0.227 e. The van der Waals surface area contributed by atoms with Crippen LogP contribution in [-0.4, -0.2) is 58.6 Å². The van der Waals surface area contributed by atoms with Crippen LogP contribution in [0.3, 0.4) is 0 Å². The van der Waals surface area contributed by atoms with Gasteiger partial charge in [0.25, 0.3) is 0 Å². The zero-order chi connectivity index (χ0) is 22.5. The predicted octanol–water partition coefficient (Wildman–Crippen LogP) is 2.95. The maximum absolute atomic E-state index is 13.0. The van der Waals surface area contributed by atoms with Gasteiger partial charge in [-0.25, -0.2) is 13.4 Å². The van der Waals surface area contributed by atoms with Gasteiger partial charge in [-0.2, -0.15) is 5.10 Å². The highest BCUT2D eigenvalue weighted by molar-refractivity contribution is 7.91. The molecule has 8 nitrogen and oxygen atoms in total. The Balaban J connectivity index is 1.23. The summed E-state index contributed by atoms with van der Waals surface area (Å²) in [5.74, 6) is 1.41. The average molecular weight is 457 g/mol. The summed E-state index contributed by atoms with van der Waals surface area (Å²) in [7, 11) is -2.99. The van der Waals surface area contributed by atoms with Gasteiger partial charge in [0.1, 0.15) is 5.52 Å². The highest BCUT2D eigenvalue weighted by atomic mass is 32.2. The van der Waals surface area contributed by atoms with E-state index in [4.69, 9.17) is 4.42 Å². The zero-order valence-corrected chi connectivity index (χ0v) is 19.3. The van der Waals surface area contributed by atoms with E-state index < -0.39 is 9.84 Å². The molecule has 5 rings (SSSR count). The summed E-state index contributed by atoms with van der Waals surface area (Å²) in [6.07, 6.45) is 2.54. The Hall–Kier alpha value is -2.68. The molecule has 1 amide bonds. The van der Waals surface area contributed by atoms with Gasteiger partial charge >= 0.3 is 0 Å². The van der Waals surface area contributed by atoms with Crippen LogP contribution in [0.15, 0.2) is 28.7 Å². The molecular formula is C23H28N4O4S. The first-order chi connectivity index (χ1) is 15.3. The molecule has 1 aromatic carbocycles. The third-order valence-electron chi connectivity index (χ3n) is 6.86. The average Bonchev–Trinajstić information content (AvgIpc) is 3.44. The summed E-state index contributed by atoms with van der Waals surface area (Å²) in [4.78, 5) is 19.6. The highest BCUT2D eigenvalue weighted by Crippen LogP contribution is 2.31. The van der Waals surface area contributed by atoms with Crippen LogP contribution in [0, 0.1) is 13.8 Å². The van der Waals surface area contributed by atoms with Crippen LogP contribution in [-0.2, 0) is 21.1 Å². The summed E-state index contributed by atoms with van der Waals surface area (Å²) in [6, 6.07) is 7.64. The van der Waals surface area contributed by atoms with E-state index >= 15 is 0 Å². The number of piperidine rings is 1. The topological polar surface area (TPSA) is 98.3 Å². The maximum atomic E-state index is 13.0. The number of carbonyl (C=O) groups excluding carboxylic acids is 1. The third-order valence-corrected chi connectivity index (χ3v) is 8.61. The van der Waals surface area contributed by atoms with Crippen molar-refractivity contribution in [1.29, 1.82) is 0 Å². The molecule has 2 saturated heterocycles. The second kappa shape index (κ2) is 8.03. The number of hydrogen-bond donors (Lipinski definition) is 0. The number of para-hydroxylation sites is 2. The van der Waals surface area contributed by atoms with E-state index in [-0.39, 0.29) is 29.4 Å². The van der Waals surface area contributed by atoms with Crippen molar-refractivity contribution < 1.29 is 17.6 Å². The summed E-state index contributed by atoms with van der Waals surface area (Å²) < 4.78 is 31.5. The van der Waals surface area contributed by atoms with Gasteiger partial charge in [-0.05, 0) is 45.2 Å². The summed E-state index contributed by atoms with van der Waals surface area (Å²) in [6.45, 7) is 5.19. The molecule has 2 aliphatic rings. The van der Waals surface area contributed by atoms with Gasteiger partial charge in [-0.15, -0.1) is 0 Å². The molecular weight excluding hydrogens is 428 g/mol. The highest BCUT2D eigenvalue weighted by Gasteiger charge is 2.32. The minimum atomic E-state index is -2.99. The van der Waals surface area contributed by atoms with Crippen LogP contribution >= 0.6 is 0 Å². The van der Waals surface area contributed by atoms with E-state index in [0.29, 0.717) is 25.9 Å². The Labute approximate surface area is 187 Å². The predicted molar refractivity (Wildman–Crippen MR) is 120 cm³/mol. The largest absolute Gasteiger partial charge is 0.440 e. The number of sulfone groups is 1. The number of carbonyl (C=O) groups is 1. The van der Waals surface area contributed by atoms with E-state index in [0.717, 1.165) is 46.8 Å². The second-order valence-electron chi connectivity index (χ2n) is 9.00. The first kappa shape index (κ1) is 21.2. The number of oxazole rings is 1. The lowest BCUT2D eigenvalue weighted by Crippen LogP contribution is -2.39. The number of rotatable bonds is 4. The standard InChI is InChI=1S/C23H28N4O4S/c1-15-19(16(2)27(25-15)18-9-12-32(29,30)14-18)13-22(28)26-10-7-17(8-11-26)23-24-20-5-3-4-6-21(20)31-23/h3-6,17-18H,7-14H2,1-2H3. The summed E-state index contributed by atoms with van der Waals surface area (Å²) >= 11 is 0. The molecule has 0 bridgehead atoms. The summed E-state index contributed by atoms with van der Waals surface area (Å²) in [5, 5.41) is 4.59. The van der Waals surface area contributed by atoms with Gasteiger partial charge in [0.15, 0.2) is 21.3 Å². The molecule has 9 heteroatoms. The fourth-order valence-corrected chi connectivity index (χ4v) is 6.67. The minimum absolute atomic E-state index is 0.0887. The molecule has 32 heavy (non-hydrogen) atoms. The lowest BCUT2D eigenvalue weighted by atomic mass is 9.96. The van der Waals surface area contributed by atoms with Gasteiger partial charge in [-0.1, -0.05) is 12.1 Å². The molecule has 4 heterocycles.